The van der Waals surface area contributed by atoms with Crippen molar-refractivity contribution in [1.82, 2.24) is 0 Å². The van der Waals surface area contributed by atoms with Crippen LogP contribution in [0.4, 0.5) is 0 Å². The largest absolute Gasteiger partial charge is 0.294 e. The van der Waals surface area contributed by atoms with Gasteiger partial charge < -0.3 is 0 Å². The van der Waals surface area contributed by atoms with Crippen molar-refractivity contribution in [2.75, 3.05) is 0 Å². The SMILES string of the molecule is Cc1ccc(S(=O)(=O)O)c(C23CC4CC(CC(C4)C2)C3)c1. The van der Waals surface area contributed by atoms with E-state index in [9.17, 15) is 13.0 Å². The Morgan fingerprint density at radius 1 is 1.05 bits per heavy atom. The Morgan fingerprint density at radius 2 is 1.57 bits per heavy atom. The Morgan fingerprint density at radius 3 is 2.05 bits per heavy atom. The molecule has 21 heavy (non-hydrogen) atoms. The first kappa shape index (κ1) is 13.8. The van der Waals surface area contributed by atoms with Crippen molar-refractivity contribution >= 4 is 10.1 Å². The molecule has 0 heterocycles. The Labute approximate surface area is 126 Å². The van der Waals surface area contributed by atoms with Crippen LogP contribution in [0.2, 0.25) is 0 Å². The van der Waals surface area contributed by atoms with Gasteiger partial charge in [-0.05, 0) is 80.2 Å². The first-order valence-electron chi connectivity index (χ1n) is 7.94. The summed E-state index contributed by atoms with van der Waals surface area (Å²) in [7, 11) is -4.14. The van der Waals surface area contributed by atoms with E-state index in [0.717, 1.165) is 48.1 Å². The summed E-state index contributed by atoms with van der Waals surface area (Å²) < 4.78 is 33.3. The van der Waals surface area contributed by atoms with E-state index in [2.05, 4.69) is 0 Å². The van der Waals surface area contributed by atoms with Gasteiger partial charge in [-0.2, -0.15) is 8.42 Å². The van der Waals surface area contributed by atoms with Gasteiger partial charge in [0.25, 0.3) is 10.1 Å². The maximum Gasteiger partial charge on any atom is 0.294 e. The maximum atomic E-state index is 11.8. The fraction of sp³-hybridized carbons (Fsp3) is 0.647. The van der Waals surface area contributed by atoms with Crippen LogP contribution >= 0.6 is 0 Å². The molecule has 0 aromatic heterocycles. The van der Waals surface area contributed by atoms with Crippen LogP contribution in [0.15, 0.2) is 23.1 Å². The lowest BCUT2D eigenvalue weighted by molar-refractivity contribution is -0.00656. The van der Waals surface area contributed by atoms with Crippen LogP contribution in [0.5, 0.6) is 0 Å². The minimum atomic E-state index is -4.14. The quantitative estimate of drug-likeness (QED) is 0.847. The summed E-state index contributed by atoms with van der Waals surface area (Å²) in [5.74, 6) is 2.27. The number of aryl methyl sites for hydroxylation is 1. The average Bonchev–Trinajstić information content (AvgIpc) is 2.35. The molecule has 1 aromatic rings. The summed E-state index contributed by atoms with van der Waals surface area (Å²) in [5.41, 5.74) is 1.96. The van der Waals surface area contributed by atoms with Gasteiger partial charge in [0, 0.05) is 0 Å². The summed E-state index contributed by atoms with van der Waals surface area (Å²) in [5, 5.41) is 0. The van der Waals surface area contributed by atoms with Crippen molar-refractivity contribution in [3.8, 4) is 0 Å². The van der Waals surface area contributed by atoms with Crippen LogP contribution in [-0.2, 0) is 15.5 Å². The maximum absolute atomic E-state index is 11.8. The van der Waals surface area contributed by atoms with Crippen molar-refractivity contribution in [2.24, 2.45) is 17.8 Å². The van der Waals surface area contributed by atoms with E-state index in [0.29, 0.717) is 0 Å². The molecule has 0 unspecified atom stereocenters. The zero-order chi connectivity index (χ0) is 14.8. The number of hydrogen-bond donors (Lipinski definition) is 1. The predicted octanol–water partition coefficient (Wildman–Crippen LogP) is 3.71. The highest BCUT2D eigenvalue weighted by molar-refractivity contribution is 7.85. The fourth-order valence-corrected chi connectivity index (χ4v) is 6.52. The number of benzene rings is 1. The van der Waals surface area contributed by atoms with Crippen LogP contribution < -0.4 is 0 Å². The average molecular weight is 306 g/mol. The Kier molecular flexibility index (Phi) is 2.84. The summed E-state index contributed by atoms with van der Waals surface area (Å²) in [4.78, 5) is 0.148. The summed E-state index contributed by atoms with van der Waals surface area (Å²) in [6.07, 6.45) is 7.28. The standard InChI is InChI=1S/C17H22O3S/c1-11-2-3-16(21(18,19)20)15(4-11)17-8-12-5-13(9-17)7-14(6-12)10-17/h2-4,12-14H,5-10H2,1H3,(H,18,19,20). The van der Waals surface area contributed by atoms with Gasteiger partial charge in [0.05, 0.1) is 4.90 Å². The third kappa shape index (κ3) is 2.15. The molecule has 0 radical (unpaired) electrons. The monoisotopic (exact) mass is 306 g/mol. The molecule has 4 bridgehead atoms. The van der Waals surface area contributed by atoms with E-state index >= 15 is 0 Å². The highest BCUT2D eigenvalue weighted by atomic mass is 32.2. The van der Waals surface area contributed by atoms with Gasteiger partial charge >= 0.3 is 0 Å². The van der Waals surface area contributed by atoms with Crippen LogP contribution in [0.1, 0.15) is 49.7 Å². The first-order chi connectivity index (χ1) is 9.86. The van der Waals surface area contributed by atoms with Crippen molar-refractivity contribution in [3.05, 3.63) is 29.3 Å². The van der Waals surface area contributed by atoms with Crippen molar-refractivity contribution in [1.29, 1.82) is 0 Å². The van der Waals surface area contributed by atoms with Gasteiger partial charge in [-0.3, -0.25) is 4.55 Å². The number of rotatable bonds is 2. The fourth-order valence-electron chi connectivity index (χ4n) is 5.72. The van der Waals surface area contributed by atoms with E-state index in [4.69, 9.17) is 0 Å². The van der Waals surface area contributed by atoms with Gasteiger partial charge in [0.15, 0.2) is 0 Å². The van der Waals surface area contributed by atoms with E-state index in [-0.39, 0.29) is 10.3 Å². The second-order valence-electron chi connectivity index (χ2n) is 7.67. The van der Waals surface area contributed by atoms with Crippen molar-refractivity contribution < 1.29 is 13.0 Å². The molecule has 0 saturated heterocycles. The molecule has 114 valence electrons. The Bertz CT molecular complexity index is 655. The molecule has 4 aliphatic rings. The Balaban J connectivity index is 1.88. The van der Waals surface area contributed by atoms with Crippen LogP contribution in [0, 0.1) is 24.7 Å². The molecular weight excluding hydrogens is 284 g/mol. The third-order valence-electron chi connectivity index (χ3n) is 6.02. The second kappa shape index (κ2) is 4.32. The van der Waals surface area contributed by atoms with E-state index in [1.54, 1.807) is 12.1 Å². The summed E-state index contributed by atoms with van der Waals surface area (Å²) in [6, 6.07) is 5.39. The molecule has 4 heteroatoms. The smallest absolute Gasteiger partial charge is 0.282 e. The lowest BCUT2D eigenvalue weighted by Gasteiger charge is -2.57. The van der Waals surface area contributed by atoms with Crippen molar-refractivity contribution in [2.45, 2.75) is 55.8 Å². The summed E-state index contributed by atoms with van der Waals surface area (Å²) in [6.45, 7) is 2.00. The predicted molar refractivity (Wildman–Crippen MR) is 80.8 cm³/mol. The molecular formula is C17H22O3S. The molecule has 1 N–H and O–H groups in total. The lowest BCUT2D eigenvalue weighted by Crippen LogP contribution is -2.49. The lowest BCUT2D eigenvalue weighted by atomic mass is 9.48. The molecule has 4 fully saturated rings. The summed E-state index contributed by atoms with van der Waals surface area (Å²) >= 11 is 0. The second-order valence-corrected chi connectivity index (χ2v) is 9.06. The first-order valence-corrected chi connectivity index (χ1v) is 9.38. The highest BCUT2D eigenvalue weighted by Crippen LogP contribution is 2.61. The molecule has 0 spiro atoms. The zero-order valence-electron chi connectivity index (χ0n) is 12.4. The van der Waals surface area contributed by atoms with Gasteiger partial charge in [0.2, 0.25) is 0 Å². The molecule has 4 aliphatic carbocycles. The molecule has 0 atom stereocenters. The Hall–Kier alpha value is -0.870. The molecule has 0 aliphatic heterocycles. The highest BCUT2D eigenvalue weighted by Gasteiger charge is 2.52. The minimum Gasteiger partial charge on any atom is -0.282 e. The third-order valence-corrected chi connectivity index (χ3v) is 6.93. The minimum absolute atomic E-state index is 0.00803. The van der Waals surface area contributed by atoms with Crippen LogP contribution in [0.3, 0.4) is 0 Å². The van der Waals surface area contributed by atoms with Crippen LogP contribution in [-0.4, -0.2) is 13.0 Å². The molecule has 5 rings (SSSR count). The normalized spacial score (nSPS) is 37.9. The van der Waals surface area contributed by atoms with E-state index < -0.39 is 10.1 Å². The molecule has 4 saturated carbocycles. The van der Waals surface area contributed by atoms with Crippen LogP contribution in [0.25, 0.3) is 0 Å². The molecule has 0 amide bonds. The van der Waals surface area contributed by atoms with Gasteiger partial charge in [-0.15, -0.1) is 0 Å². The topological polar surface area (TPSA) is 54.4 Å². The molecule has 3 nitrogen and oxygen atoms in total. The van der Waals surface area contributed by atoms with Crippen molar-refractivity contribution in [3.63, 3.8) is 0 Å². The van der Waals surface area contributed by atoms with Gasteiger partial charge in [-0.1, -0.05) is 17.7 Å². The molecule has 1 aromatic carbocycles. The van der Waals surface area contributed by atoms with E-state index in [1.807, 2.05) is 13.0 Å². The number of hydrogen-bond acceptors (Lipinski definition) is 2. The van der Waals surface area contributed by atoms with Gasteiger partial charge in [0.1, 0.15) is 0 Å². The van der Waals surface area contributed by atoms with E-state index in [1.165, 1.54) is 19.3 Å². The van der Waals surface area contributed by atoms with Gasteiger partial charge in [-0.25, -0.2) is 0 Å². The zero-order valence-corrected chi connectivity index (χ0v) is 13.2.